The zero-order valence-electron chi connectivity index (χ0n) is 20.5. The second kappa shape index (κ2) is 12.4. The summed E-state index contributed by atoms with van der Waals surface area (Å²) in [7, 11) is -4.07. The third-order valence-corrected chi connectivity index (χ3v) is 8.04. The van der Waals surface area contributed by atoms with Crippen LogP contribution in [0, 0.1) is 13.8 Å². The molecule has 0 radical (unpaired) electrons. The third-order valence-electron chi connectivity index (χ3n) is 5.66. The smallest absolute Gasteiger partial charge is 0.270 e. The van der Waals surface area contributed by atoms with Crippen LogP contribution in [0.25, 0.3) is 0 Å². The highest BCUT2D eigenvalue weighted by atomic mass is 79.9. The van der Waals surface area contributed by atoms with Crippen LogP contribution >= 0.6 is 15.9 Å². The molecule has 3 aromatic carbocycles. The van der Waals surface area contributed by atoms with Gasteiger partial charge in [0.15, 0.2) is 0 Å². The summed E-state index contributed by atoms with van der Waals surface area (Å²) < 4.78 is 34.7. The molecule has 0 bridgehead atoms. The van der Waals surface area contributed by atoms with Gasteiger partial charge in [0.05, 0.1) is 21.7 Å². The van der Waals surface area contributed by atoms with E-state index in [9.17, 15) is 13.2 Å². The quantitative estimate of drug-likeness (QED) is 0.238. The number of hydrogen-bond donors (Lipinski definition) is 0. The molecule has 3 aromatic rings. The number of aryl methyl sites for hydroxylation is 3. The van der Waals surface area contributed by atoms with Crippen molar-refractivity contribution in [2.75, 3.05) is 10.9 Å². The fraction of sp³-hybridized carbons (Fsp3) is 0.321. The molecule has 0 saturated carbocycles. The summed E-state index contributed by atoms with van der Waals surface area (Å²) in [6.07, 6.45) is 3.47. The molecular formula is C28H32BrNO4S. The van der Waals surface area contributed by atoms with E-state index in [0.29, 0.717) is 24.5 Å². The van der Waals surface area contributed by atoms with Gasteiger partial charge in [0.25, 0.3) is 10.0 Å². The number of benzene rings is 3. The predicted octanol–water partition coefficient (Wildman–Crippen LogP) is 6.99. The van der Waals surface area contributed by atoms with E-state index in [-0.39, 0.29) is 11.3 Å². The van der Waals surface area contributed by atoms with Crippen LogP contribution in [0.15, 0.2) is 76.1 Å². The summed E-state index contributed by atoms with van der Waals surface area (Å²) in [5, 5.41) is 0. The van der Waals surface area contributed by atoms with Gasteiger partial charge in [-0.1, -0.05) is 49.2 Å². The second-order valence-corrected chi connectivity index (χ2v) is 11.3. The molecule has 0 aliphatic carbocycles. The van der Waals surface area contributed by atoms with Crippen molar-refractivity contribution in [3.63, 3.8) is 0 Å². The number of ether oxygens (including phenoxy) is 1. The van der Waals surface area contributed by atoms with Crippen LogP contribution in [-0.4, -0.2) is 20.9 Å². The maximum Gasteiger partial charge on any atom is 0.270 e. The van der Waals surface area contributed by atoms with Crippen LogP contribution in [0.4, 0.5) is 5.69 Å². The van der Waals surface area contributed by atoms with E-state index >= 15 is 0 Å². The first-order valence-corrected chi connectivity index (χ1v) is 14.1. The van der Waals surface area contributed by atoms with Gasteiger partial charge in [-0.25, -0.2) is 12.7 Å². The molecule has 0 heterocycles. The highest BCUT2D eigenvalue weighted by Gasteiger charge is 2.30. The Morgan fingerprint density at radius 1 is 0.914 bits per heavy atom. The zero-order chi connectivity index (χ0) is 25.4. The van der Waals surface area contributed by atoms with Gasteiger partial charge in [-0.2, -0.15) is 0 Å². The average Bonchev–Trinajstić information content (AvgIpc) is 2.82. The Labute approximate surface area is 217 Å². The number of carbonyl (C=O) groups excluding carboxylic acids is 1. The standard InChI is InChI=1S/C28H32BrNO4S/c1-4-5-7-23-12-14-24(15-13-23)30(35(32,33)25-16-9-21(2)10-17-25)28(31)8-6-19-34-27-18-11-22(3)20-26(27)29/h9-18,20H,4-8,19H2,1-3H3. The van der Waals surface area contributed by atoms with E-state index in [0.717, 1.165) is 44.7 Å². The Morgan fingerprint density at radius 3 is 2.20 bits per heavy atom. The molecule has 0 saturated heterocycles. The lowest BCUT2D eigenvalue weighted by atomic mass is 10.1. The fourth-order valence-electron chi connectivity index (χ4n) is 3.64. The van der Waals surface area contributed by atoms with Crippen LogP contribution in [-0.2, 0) is 21.2 Å². The topological polar surface area (TPSA) is 63.7 Å². The molecule has 0 N–H and O–H groups in total. The lowest BCUT2D eigenvalue weighted by Gasteiger charge is -2.23. The molecule has 186 valence electrons. The van der Waals surface area contributed by atoms with Crippen LogP contribution in [0.5, 0.6) is 5.75 Å². The zero-order valence-corrected chi connectivity index (χ0v) is 22.9. The van der Waals surface area contributed by atoms with E-state index in [2.05, 4.69) is 22.9 Å². The number of rotatable bonds is 11. The first-order valence-electron chi connectivity index (χ1n) is 11.8. The van der Waals surface area contributed by atoms with Gasteiger partial charge >= 0.3 is 0 Å². The molecule has 0 aliphatic rings. The van der Waals surface area contributed by atoms with Crippen molar-refractivity contribution in [1.29, 1.82) is 0 Å². The average molecular weight is 559 g/mol. The lowest BCUT2D eigenvalue weighted by molar-refractivity contribution is -0.117. The molecule has 5 nitrogen and oxygen atoms in total. The minimum Gasteiger partial charge on any atom is -0.492 e. The highest BCUT2D eigenvalue weighted by molar-refractivity contribution is 9.10. The van der Waals surface area contributed by atoms with Gasteiger partial charge in [0.1, 0.15) is 5.75 Å². The molecule has 3 rings (SSSR count). The molecular weight excluding hydrogens is 526 g/mol. The molecule has 0 aromatic heterocycles. The van der Waals surface area contributed by atoms with Gasteiger partial charge in [0.2, 0.25) is 5.91 Å². The molecule has 0 spiro atoms. The number of hydrogen-bond acceptors (Lipinski definition) is 4. The minimum absolute atomic E-state index is 0.0339. The Morgan fingerprint density at radius 2 is 1.57 bits per heavy atom. The lowest BCUT2D eigenvalue weighted by Crippen LogP contribution is -2.37. The third kappa shape index (κ3) is 7.18. The van der Waals surface area contributed by atoms with E-state index in [1.54, 1.807) is 36.4 Å². The SMILES string of the molecule is CCCCc1ccc(N(C(=O)CCCOc2ccc(C)cc2Br)S(=O)(=O)c2ccc(C)cc2)cc1. The fourth-order valence-corrected chi connectivity index (χ4v) is 5.70. The minimum atomic E-state index is -4.07. The van der Waals surface area contributed by atoms with E-state index in [4.69, 9.17) is 4.74 Å². The van der Waals surface area contributed by atoms with E-state index in [1.807, 2.05) is 44.2 Å². The number of carbonyl (C=O) groups is 1. The maximum atomic E-state index is 13.5. The Balaban J connectivity index is 1.79. The largest absolute Gasteiger partial charge is 0.492 e. The van der Waals surface area contributed by atoms with Crippen molar-refractivity contribution in [2.45, 2.75) is 57.8 Å². The van der Waals surface area contributed by atoms with Gasteiger partial charge in [-0.3, -0.25) is 4.79 Å². The molecule has 0 unspecified atom stereocenters. The van der Waals surface area contributed by atoms with Crippen LogP contribution < -0.4 is 9.04 Å². The Kier molecular flexibility index (Phi) is 9.52. The van der Waals surface area contributed by atoms with Gasteiger partial charge in [-0.15, -0.1) is 0 Å². The maximum absolute atomic E-state index is 13.5. The number of amides is 1. The number of nitrogens with zero attached hydrogens (tertiary/aromatic N) is 1. The van der Waals surface area contributed by atoms with E-state index in [1.165, 1.54) is 0 Å². The van der Waals surface area contributed by atoms with Crippen LogP contribution in [0.3, 0.4) is 0 Å². The van der Waals surface area contributed by atoms with Crippen LogP contribution in [0.1, 0.15) is 49.3 Å². The molecule has 0 atom stereocenters. The monoisotopic (exact) mass is 557 g/mol. The van der Waals surface area contributed by atoms with Crippen molar-refractivity contribution in [3.05, 3.63) is 87.9 Å². The first-order chi connectivity index (χ1) is 16.7. The van der Waals surface area contributed by atoms with Crippen molar-refractivity contribution < 1.29 is 17.9 Å². The van der Waals surface area contributed by atoms with Crippen molar-refractivity contribution in [3.8, 4) is 5.75 Å². The normalized spacial score (nSPS) is 11.3. The Hall–Kier alpha value is -2.64. The summed E-state index contributed by atoms with van der Waals surface area (Å²) in [6.45, 7) is 6.30. The van der Waals surface area contributed by atoms with Crippen LogP contribution in [0.2, 0.25) is 0 Å². The van der Waals surface area contributed by atoms with E-state index < -0.39 is 15.9 Å². The Bertz CT molecular complexity index is 1240. The molecule has 7 heteroatoms. The van der Waals surface area contributed by atoms with Gasteiger partial charge in [0, 0.05) is 6.42 Å². The van der Waals surface area contributed by atoms with Crippen molar-refractivity contribution >= 4 is 37.5 Å². The number of anilines is 1. The number of halogens is 1. The van der Waals surface area contributed by atoms with Gasteiger partial charge < -0.3 is 4.74 Å². The molecule has 1 amide bonds. The summed E-state index contributed by atoms with van der Waals surface area (Å²) >= 11 is 3.48. The number of sulfonamides is 1. The summed E-state index contributed by atoms with van der Waals surface area (Å²) in [6, 6.07) is 19.6. The molecule has 35 heavy (non-hydrogen) atoms. The summed E-state index contributed by atoms with van der Waals surface area (Å²) in [4.78, 5) is 13.4. The first kappa shape index (κ1) is 27.0. The molecule has 0 aliphatic heterocycles. The number of unbranched alkanes of at least 4 members (excludes halogenated alkanes) is 1. The second-order valence-electron chi connectivity index (χ2n) is 8.63. The van der Waals surface area contributed by atoms with Crippen molar-refractivity contribution in [2.24, 2.45) is 0 Å². The summed E-state index contributed by atoms with van der Waals surface area (Å²) in [5.41, 5.74) is 3.52. The highest BCUT2D eigenvalue weighted by Crippen LogP contribution is 2.28. The molecule has 0 fully saturated rings. The summed E-state index contributed by atoms with van der Waals surface area (Å²) in [5.74, 6) is 0.202. The predicted molar refractivity (Wildman–Crippen MR) is 145 cm³/mol. The van der Waals surface area contributed by atoms with Gasteiger partial charge in [-0.05, 0) is 96.6 Å². The van der Waals surface area contributed by atoms with Crippen molar-refractivity contribution in [1.82, 2.24) is 0 Å².